The highest BCUT2D eigenvalue weighted by molar-refractivity contribution is 6.32. The number of nitrogens with zero attached hydrogens (tertiary/aromatic N) is 2. The van der Waals surface area contributed by atoms with E-state index in [4.69, 9.17) is 27.3 Å². The number of nitrogen functional groups attached to an aromatic ring is 1. The zero-order valence-corrected chi connectivity index (χ0v) is 9.48. The molecule has 4 nitrogen and oxygen atoms in total. The fraction of sp³-hybridized carbons (Fsp3) is 0. The quantitative estimate of drug-likeness (QED) is 0.883. The van der Waals surface area contributed by atoms with Gasteiger partial charge in [0.25, 0.3) is 0 Å². The number of pyridine rings is 1. The summed E-state index contributed by atoms with van der Waals surface area (Å²) in [4.78, 5) is 3.89. The molecule has 0 amide bonds. The fourth-order valence-electron chi connectivity index (χ4n) is 1.26. The topological polar surface area (TPSA) is 71.9 Å². The van der Waals surface area contributed by atoms with Crippen LogP contribution in [0.4, 0.5) is 5.82 Å². The summed E-state index contributed by atoms with van der Waals surface area (Å²) in [6.07, 6.45) is 1.56. The first kappa shape index (κ1) is 11.2. The normalized spacial score (nSPS) is 9.65. The summed E-state index contributed by atoms with van der Waals surface area (Å²) >= 11 is 5.96. The minimum absolute atomic E-state index is 0.269. The van der Waals surface area contributed by atoms with Crippen LogP contribution in [-0.4, -0.2) is 4.98 Å². The van der Waals surface area contributed by atoms with E-state index in [0.717, 1.165) is 0 Å². The van der Waals surface area contributed by atoms with Crippen molar-refractivity contribution < 1.29 is 4.74 Å². The lowest BCUT2D eigenvalue weighted by molar-refractivity contribution is 0.483. The summed E-state index contributed by atoms with van der Waals surface area (Å²) in [5.41, 5.74) is 6.11. The van der Waals surface area contributed by atoms with Crippen LogP contribution in [0.3, 0.4) is 0 Å². The van der Waals surface area contributed by atoms with Crippen LogP contribution in [0.2, 0.25) is 5.02 Å². The Labute approximate surface area is 103 Å². The van der Waals surface area contributed by atoms with Crippen LogP contribution in [0.1, 0.15) is 5.56 Å². The van der Waals surface area contributed by atoms with Gasteiger partial charge in [-0.2, -0.15) is 5.26 Å². The van der Waals surface area contributed by atoms with Crippen molar-refractivity contribution in [3.8, 4) is 17.6 Å². The van der Waals surface area contributed by atoms with E-state index in [1.54, 1.807) is 36.5 Å². The van der Waals surface area contributed by atoms with Gasteiger partial charge in [-0.25, -0.2) is 4.98 Å². The molecular weight excluding hydrogens is 238 g/mol. The summed E-state index contributed by atoms with van der Waals surface area (Å²) < 4.78 is 5.51. The van der Waals surface area contributed by atoms with Crippen molar-refractivity contribution in [2.75, 3.05) is 5.73 Å². The monoisotopic (exact) mass is 245 g/mol. The maximum atomic E-state index is 8.79. The van der Waals surface area contributed by atoms with E-state index in [9.17, 15) is 0 Å². The molecule has 5 heteroatoms. The van der Waals surface area contributed by atoms with E-state index in [2.05, 4.69) is 4.98 Å². The highest BCUT2D eigenvalue weighted by Crippen LogP contribution is 2.31. The molecule has 0 spiro atoms. The van der Waals surface area contributed by atoms with Crippen molar-refractivity contribution in [1.82, 2.24) is 4.98 Å². The number of benzene rings is 1. The molecule has 2 aromatic rings. The molecule has 0 atom stereocenters. The van der Waals surface area contributed by atoms with Gasteiger partial charge in [0.15, 0.2) is 11.6 Å². The standard InChI is InChI=1S/C12H8ClN3O/c13-9-4-3-8(7-14)6-11(9)17-10-2-1-5-16-12(10)15/h1-6H,(H2,15,16). The molecule has 2 rings (SSSR count). The molecule has 1 heterocycles. The Balaban J connectivity index is 2.37. The van der Waals surface area contributed by atoms with Crippen molar-refractivity contribution >= 4 is 17.4 Å². The van der Waals surface area contributed by atoms with Gasteiger partial charge in [-0.1, -0.05) is 11.6 Å². The van der Waals surface area contributed by atoms with Gasteiger partial charge >= 0.3 is 0 Å². The molecule has 1 aromatic heterocycles. The Kier molecular flexibility index (Phi) is 3.12. The van der Waals surface area contributed by atoms with Crippen LogP contribution in [0, 0.1) is 11.3 Å². The maximum Gasteiger partial charge on any atom is 0.169 e. The molecule has 0 saturated carbocycles. The van der Waals surface area contributed by atoms with Crippen molar-refractivity contribution in [3.05, 3.63) is 47.1 Å². The Morgan fingerprint density at radius 3 is 2.82 bits per heavy atom. The summed E-state index contributed by atoms with van der Waals surface area (Å²) in [5.74, 6) is 1.06. The predicted octanol–water partition coefficient (Wildman–Crippen LogP) is 2.98. The van der Waals surface area contributed by atoms with E-state index in [-0.39, 0.29) is 5.82 Å². The molecule has 2 N–H and O–H groups in total. The van der Waals surface area contributed by atoms with Crippen LogP contribution in [-0.2, 0) is 0 Å². The van der Waals surface area contributed by atoms with E-state index < -0.39 is 0 Å². The average Bonchev–Trinajstić information content (AvgIpc) is 2.35. The average molecular weight is 246 g/mol. The third-order valence-electron chi connectivity index (χ3n) is 2.08. The third-order valence-corrected chi connectivity index (χ3v) is 2.39. The zero-order chi connectivity index (χ0) is 12.3. The molecule has 0 saturated heterocycles. The van der Waals surface area contributed by atoms with Gasteiger partial charge in [-0.05, 0) is 24.3 Å². The number of anilines is 1. The fourth-order valence-corrected chi connectivity index (χ4v) is 1.41. The lowest BCUT2D eigenvalue weighted by atomic mass is 10.2. The van der Waals surface area contributed by atoms with E-state index in [0.29, 0.717) is 22.1 Å². The number of hydrogen-bond acceptors (Lipinski definition) is 4. The first-order chi connectivity index (χ1) is 8.20. The van der Waals surface area contributed by atoms with Gasteiger partial charge in [0.2, 0.25) is 0 Å². The summed E-state index contributed by atoms with van der Waals surface area (Å²) in [7, 11) is 0. The number of nitriles is 1. The van der Waals surface area contributed by atoms with Gasteiger partial charge in [0.05, 0.1) is 16.7 Å². The van der Waals surface area contributed by atoms with Crippen molar-refractivity contribution in [2.24, 2.45) is 0 Å². The zero-order valence-electron chi connectivity index (χ0n) is 8.72. The lowest BCUT2D eigenvalue weighted by Gasteiger charge is -2.08. The van der Waals surface area contributed by atoms with Gasteiger partial charge < -0.3 is 10.5 Å². The second kappa shape index (κ2) is 4.73. The smallest absolute Gasteiger partial charge is 0.169 e. The first-order valence-electron chi connectivity index (χ1n) is 4.78. The molecule has 0 aliphatic carbocycles. The number of halogens is 1. The SMILES string of the molecule is N#Cc1ccc(Cl)c(Oc2cccnc2N)c1. The Morgan fingerprint density at radius 1 is 1.29 bits per heavy atom. The van der Waals surface area contributed by atoms with Gasteiger partial charge in [-0.15, -0.1) is 0 Å². The number of rotatable bonds is 2. The highest BCUT2D eigenvalue weighted by atomic mass is 35.5. The second-order valence-corrected chi connectivity index (χ2v) is 3.65. The summed E-state index contributed by atoms with van der Waals surface area (Å²) in [6, 6.07) is 10.2. The summed E-state index contributed by atoms with van der Waals surface area (Å²) in [6.45, 7) is 0. The Morgan fingerprint density at radius 2 is 2.12 bits per heavy atom. The maximum absolute atomic E-state index is 8.79. The lowest BCUT2D eigenvalue weighted by Crippen LogP contribution is -1.95. The van der Waals surface area contributed by atoms with E-state index in [1.807, 2.05) is 6.07 Å². The minimum atomic E-state index is 0.269. The Hall–Kier alpha value is -2.25. The molecular formula is C12H8ClN3O. The van der Waals surface area contributed by atoms with Gasteiger partial charge in [0, 0.05) is 12.3 Å². The minimum Gasteiger partial charge on any atom is -0.452 e. The van der Waals surface area contributed by atoms with Crippen LogP contribution in [0.25, 0.3) is 0 Å². The molecule has 17 heavy (non-hydrogen) atoms. The Bertz CT molecular complexity index is 593. The third kappa shape index (κ3) is 2.47. The van der Waals surface area contributed by atoms with E-state index in [1.165, 1.54) is 0 Å². The predicted molar refractivity (Wildman–Crippen MR) is 64.9 cm³/mol. The van der Waals surface area contributed by atoms with Crippen LogP contribution < -0.4 is 10.5 Å². The molecule has 0 unspecified atom stereocenters. The van der Waals surface area contributed by atoms with E-state index >= 15 is 0 Å². The molecule has 0 radical (unpaired) electrons. The number of nitrogens with two attached hydrogens (primary N) is 1. The van der Waals surface area contributed by atoms with Crippen LogP contribution in [0.15, 0.2) is 36.5 Å². The number of hydrogen-bond donors (Lipinski definition) is 1. The highest BCUT2D eigenvalue weighted by Gasteiger charge is 2.07. The summed E-state index contributed by atoms with van der Waals surface area (Å²) in [5, 5.41) is 9.20. The molecule has 0 fully saturated rings. The van der Waals surface area contributed by atoms with Crippen LogP contribution >= 0.6 is 11.6 Å². The molecule has 1 aromatic carbocycles. The van der Waals surface area contributed by atoms with Gasteiger partial charge in [-0.3, -0.25) is 0 Å². The molecule has 0 aliphatic rings. The molecule has 0 aliphatic heterocycles. The molecule has 0 bridgehead atoms. The number of ether oxygens (including phenoxy) is 1. The van der Waals surface area contributed by atoms with Gasteiger partial charge in [0.1, 0.15) is 5.75 Å². The van der Waals surface area contributed by atoms with Crippen molar-refractivity contribution in [2.45, 2.75) is 0 Å². The van der Waals surface area contributed by atoms with Crippen LogP contribution in [0.5, 0.6) is 11.5 Å². The largest absolute Gasteiger partial charge is 0.452 e. The molecule has 84 valence electrons. The first-order valence-corrected chi connectivity index (χ1v) is 5.16. The number of aromatic nitrogens is 1. The second-order valence-electron chi connectivity index (χ2n) is 3.25. The van der Waals surface area contributed by atoms with Crippen molar-refractivity contribution in [3.63, 3.8) is 0 Å². The van der Waals surface area contributed by atoms with Crippen molar-refractivity contribution in [1.29, 1.82) is 5.26 Å².